The molecule has 2 rings (SSSR count). The van der Waals surface area contributed by atoms with Crippen molar-refractivity contribution in [2.45, 2.75) is 12.8 Å². The smallest absolute Gasteiger partial charge is 0.301 e. The molecule has 21 heavy (non-hydrogen) atoms. The first-order chi connectivity index (χ1) is 9.96. The largest absolute Gasteiger partial charge is 0.494 e. The first kappa shape index (κ1) is 16.0. The second kappa shape index (κ2) is 6.59. The first-order valence-electron chi connectivity index (χ1n) is 6.68. The average molecular weight is 318 g/mol. The standard InChI is InChI=1S/C13H19FN2O4S/c1-20-13-3-2-11(8-12(13)14)15-21(18,19)16-6-4-10(9-17)5-7-16/h2-3,8,10,15,17H,4-7,9H2,1H3. The summed E-state index contributed by atoms with van der Waals surface area (Å²) in [5.74, 6) is -0.423. The third kappa shape index (κ3) is 3.84. The Balaban J connectivity index is 2.06. The average Bonchev–Trinajstić information content (AvgIpc) is 2.47. The number of nitrogens with zero attached hydrogens (tertiary/aromatic N) is 1. The second-order valence-corrected chi connectivity index (χ2v) is 6.65. The number of anilines is 1. The summed E-state index contributed by atoms with van der Waals surface area (Å²) in [6.07, 6.45) is 1.24. The SMILES string of the molecule is COc1ccc(NS(=O)(=O)N2CCC(CO)CC2)cc1F. The Hall–Kier alpha value is -1.38. The third-order valence-corrected chi connectivity index (χ3v) is 5.11. The maximum Gasteiger partial charge on any atom is 0.301 e. The summed E-state index contributed by atoms with van der Waals surface area (Å²) in [4.78, 5) is 0. The normalized spacial score (nSPS) is 17.7. The first-order valence-corrected chi connectivity index (χ1v) is 8.12. The van der Waals surface area contributed by atoms with Crippen LogP contribution in [0.5, 0.6) is 5.75 Å². The lowest BCUT2D eigenvalue weighted by atomic mass is 10.00. The maximum atomic E-state index is 13.6. The Morgan fingerprint density at radius 2 is 2.10 bits per heavy atom. The van der Waals surface area contributed by atoms with Gasteiger partial charge in [0.05, 0.1) is 12.8 Å². The van der Waals surface area contributed by atoms with Gasteiger partial charge < -0.3 is 9.84 Å². The number of ether oxygens (including phenoxy) is 1. The summed E-state index contributed by atoms with van der Waals surface area (Å²) < 4.78 is 46.4. The molecule has 2 N–H and O–H groups in total. The van der Waals surface area contributed by atoms with Crippen molar-refractivity contribution in [1.29, 1.82) is 0 Å². The number of nitrogens with one attached hydrogen (secondary N) is 1. The lowest BCUT2D eigenvalue weighted by molar-refractivity contribution is 0.170. The molecular formula is C13H19FN2O4S. The van der Waals surface area contributed by atoms with Crippen molar-refractivity contribution in [3.8, 4) is 5.75 Å². The van der Waals surface area contributed by atoms with Crippen LogP contribution in [0, 0.1) is 11.7 Å². The van der Waals surface area contributed by atoms with Gasteiger partial charge in [-0.2, -0.15) is 12.7 Å². The van der Waals surface area contributed by atoms with Crippen LogP contribution < -0.4 is 9.46 Å². The number of piperidine rings is 1. The molecule has 0 saturated carbocycles. The number of aliphatic hydroxyl groups excluding tert-OH is 1. The third-order valence-electron chi connectivity index (χ3n) is 3.57. The molecule has 0 spiro atoms. The second-order valence-electron chi connectivity index (χ2n) is 4.98. The Morgan fingerprint density at radius 3 is 2.62 bits per heavy atom. The van der Waals surface area contributed by atoms with Gasteiger partial charge in [0, 0.05) is 25.8 Å². The van der Waals surface area contributed by atoms with E-state index in [1.165, 1.54) is 23.5 Å². The molecule has 6 nitrogen and oxygen atoms in total. The highest BCUT2D eigenvalue weighted by Crippen LogP contribution is 2.24. The van der Waals surface area contributed by atoms with Crippen molar-refractivity contribution in [2.75, 3.05) is 31.5 Å². The molecule has 8 heteroatoms. The fourth-order valence-electron chi connectivity index (χ4n) is 2.28. The molecule has 0 bridgehead atoms. The predicted molar refractivity (Wildman–Crippen MR) is 76.9 cm³/mol. The van der Waals surface area contributed by atoms with Crippen LogP contribution in [-0.2, 0) is 10.2 Å². The molecule has 0 aliphatic carbocycles. The van der Waals surface area contributed by atoms with E-state index in [1.54, 1.807) is 0 Å². The number of methoxy groups -OCH3 is 1. The van der Waals surface area contributed by atoms with Gasteiger partial charge in [-0.15, -0.1) is 0 Å². The van der Waals surface area contributed by atoms with Crippen molar-refractivity contribution in [3.05, 3.63) is 24.0 Å². The van der Waals surface area contributed by atoms with E-state index in [0.29, 0.717) is 25.9 Å². The van der Waals surface area contributed by atoms with Crippen LogP contribution in [0.3, 0.4) is 0 Å². The van der Waals surface area contributed by atoms with Crippen LogP contribution >= 0.6 is 0 Å². The minimum atomic E-state index is -3.71. The zero-order valence-electron chi connectivity index (χ0n) is 11.8. The molecule has 0 radical (unpaired) electrons. The van der Waals surface area contributed by atoms with Gasteiger partial charge in [-0.05, 0) is 30.9 Å². The summed E-state index contributed by atoms with van der Waals surface area (Å²) in [5.41, 5.74) is 0.151. The van der Waals surface area contributed by atoms with E-state index in [-0.39, 0.29) is 24.0 Å². The van der Waals surface area contributed by atoms with E-state index in [9.17, 15) is 12.8 Å². The lowest BCUT2D eigenvalue weighted by Crippen LogP contribution is -2.42. The Labute approximate surface area is 123 Å². The van der Waals surface area contributed by atoms with Crippen LogP contribution in [-0.4, -0.2) is 44.6 Å². The van der Waals surface area contributed by atoms with Gasteiger partial charge in [0.2, 0.25) is 0 Å². The molecule has 0 amide bonds. The summed E-state index contributed by atoms with van der Waals surface area (Å²) in [6.45, 7) is 0.767. The minimum Gasteiger partial charge on any atom is -0.494 e. The number of benzene rings is 1. The van der Waals surface area contributed by atoms with Gasteiger partial charge >= 0.3 is 10.2 Å². The van der Waals surface area contributed by atoms with E-state index in [2.05, 4.69) is 4.72 Å². The zero-order chi connectivity index (χ0) is 15.5. The van der Waals surface area contributed by atoms with E-state index >= 15 is 0 Å². The number of halogens is 1. The number of aliphatic hydroxyl groups is 1. The summed E-state index contributed by atoms with van der Waals surface area (Å²) in [6, 6.07) is 3.89. The van der Waals surface area contributed by atoms with Crippen molar-refractivity contribution >= 4 is 15.9 Å². The molecule has 1 heterocycles. The van der Waals surface area contributed by atoms with Crippen LogP contribution in [0.25, 0.3) is 0 Å². The minimum absolute atomic E-state index is 0.0571. The highest BCUT2D eigenvalue weighted by molar-refractivity contribution is 7.90. The summed E-state index contributed by atoms with van der Waals surface area (Å²) in [7, 11) is -2.37. The van der Waals surface area contributed by atoms with Gasteiger partial charge in [-0.3, -0.25) is 4.72 Å². The van der Waals surface area contributed by atoms with E-state index in [1.807, 2.05) is 0 Å². The molecule has 1 aromatic rings. The molecular weight excluding hydrogens is 299 g/mol. The van der Waals surface area contributed by atoms with Crippen molar-refractivity contribution in [2.24, 2.45) is 5.92 Å². The van der Waals surface area contributed by atoms with Crippen LogP contribution in [0.1, 0.15) is 12.8 Å². The van der Waals surface area contributed by atoms with E-state index in [0.717, 1.165) is 6.07 Å². The van der Waals surface area contributed by atoms with Gasteiger partial charge in [-0.25, -0.2) is 4.39 Å². The highest BCUT2D eigenvalue weighted by Gasteiger charge is 2.27. The zero-order valence-corrected chi connectivity index (χ0v) is 12.6. The fraction of sp³-hybridized carbons (Fsp3) is 0.538. The van der Waals surface area contributed by atoms with Crippen molar-refractivity contribution < 1.29 is 22.7 Å². The molecule has 1 saturated heterocycles. The Kier molecular flexibility index (Phi) is 5.02. The van der Waals surface area contributed by atoms with Crippen LogP contribution in [0.4, 0.5) is 10.1 Å². The van der Waals surface area contributed by atoms with Crippen molar-refractivity contribution in [3.63, 3.8) is 0 Å². The monoisotopic (exact) mass is 318 g/mol. The van der Waals surface area contributed by atoms with Gasteiger partial charge in [0.25, 0.3) is 0 Å². The molecule has 1 aromatic carbocycles. The topological polar surface area (TPSA) is 78.9 Å². The van der Waals surface area contributed by atoms with Crippen LogP contribution in [0.15, 0.2) is 18.2 Å². The summed E-state index contributed by atoms with van der Waals surface area (Å²) >= 11 is 0. The fourth-order valence-corrected chi connectivity index (χ4v) is 3.52. The van der Waals surface area contributed by atoms with Crippen LogP contribution in [0.2, 0.25) is 0 Å². The molecule has 0 aromatic heterocycles. The van der Waals surface area contributed by atoms with Gasteiger partial charge in [0.15, 0.2) is 11.6 Å². The number of hydrogen-bond acceptors (Lipinski definition) is 4. The van der Waals surface area contributed by atoms with E-state index < -0.39 is 16.0 Å². The molecule has 118 valence electrons. The maximum absolute atomic E-state index is 13.6. The molecule has 1 fully saturated rings. The van der Waals surface area contributed by atoms with E-state index in [4.69, 9.17) is 9.84 Å². The Morgan fingerprint density at radius 1 is 1.43 bits per heavy atom. The molecule has 1 aliphatic heterocycles. The van der Waals surface area contributed by atoms with Crippen molar-refractivity contribution in [1.82, 2.24) is 4.31 Å². The van der Waals surface area contributed by atoms with Gasteiger partial charge in [0.1, 0.15) is 0 Å². The molecule has 1 aliphatic rings. The van der Waals surface area contributed by atoms with Gasteiger partial charge in [-0.1, -0.05) is 0 Å². The lowest BCUT2D eigenvalue weighted by Gasteiger charge is -2.30. The highest BCUT2D eigenvalue weighted by atomic mass is 32.2. The number of rotatable bonds is 5. The number of hydrogen-bond donors (Lipinski definition) is 2. The predicted octanol–water partition coefficient (Wildman–Crippen LogP) is 1.20. The quantitative estimate of drug-likeness (QED) is 0.855. The molecule has 0 atom stereocenters. The molecule has 0 unspecified atom stereocenters. The summed E-state index contributed by atoms with van der Waals surface area (Å²) in [5, 5.41) is 9.06. The Bertz CT molecular complexity index is 586.